The van der Waals surface area contributed by atoms with Gasteiger partial charge in [-0.1, -0.05) is 6.92 Å². The molecule has 0 unspecified atom stereocenters. The van der Waals surface area contributed by atoms with E-state index in [1.165, 1.54) is 6.07 Å². The van der Waals surface area contributed by atoms with Gasteiger partial charge in [-0.25, -0.2) is 4.79 Å². The molecule has 2 N–H and O–H groups in total. The van der Waals surface area contributed by atoms with Gasteiger partial charge < -0.3 is 19.8 Å². The Labute approximate surface area is 178 Å². The van der Waals surface area contributed by atoms with Gasteiger partial charge in [-0.2, -0.15) is 0 Å². The Balaban J connectivity index is 1.76. The maximum absolute atomic E-state index is 12.8. The van der Waals surface area contributed by atoms with Gasteiger partial charge in [-0.05, 0) is 78.5 Å². The number of carbonyl (C=O) groups is 1. The lowest BCUT2D eigenvalue weighted by atomic mass is 9.79. The SMILES string of the molecule is CCc1cc(=O)oc2c(C)c(O[C@@H](C)C(=O)NC3CC(C)(C)NC(C)(C)C3)ccc12. The molecule has 0 spiro atoms. The van der Waals surface area contributed by atoms with Crippen molar-refractivity contribution in [2.24, 2.45) is 0 Å². The van der Waals surface area contributed by atoms with Crippen LogP contribution in [-0.2, 0) is 11.2 Å². The molecule has 1 amide bonds. The molecule has 2 aromatic rings. The van der Waals surface area contributed by atoms with E-state index in [2.05, 4.69) is 38.3 Å². The van der Waals surface area contributed by atoms with E-state index in [0.717, 1.165) is 35.8 Å². The molecule has 1 aromatic heterocycles. The highest BCUT2D eigenvalue weighted by molar-refractivity contribution is 5.85. The zero-order chi connectivity index (χ0) is 22.3. The largest absolute Gasteiger partial charge is 0.480 e. The van der Waals surface area contributed by atoms with E-state index < -0.39 is 6.10 Å². The van der Waals surface area contributed by atoms with Crippen LogP contribution < -0.4 is 21.0 Å². The molecule has 0 saturated carbocycles. The molecule has 3 rings (SSSR count). The van der Waals surface area contributed by atoms with Crippen LogP contribution in [0.15, 0.2) is 27.4 Å². The van der Waals surface area contributed by atoms with Crippen LogP contribution in [-0.4, -0.2) is 29.1 Å². The predicted octanol–water partition coefficient (Wildman–Crippen LogP) is 3.86. The van der Waals surface area contributed by atoms with Crippen LogP contribution in [0.5, 0.6) is 5.75 Å². The molecular formula is C24H34N2O4. The normalized spacial score (nSPS) is 19.4. The lowest BCUT2D eigenvalue weighted by Crippen LogP contribution is -2.62. The highest BCUT2D eigenvalue weighted by Gasteiger charge is 2.38. The highest BCUT2D eigenvalue weighted by atomic mass is 16.5. The molecule has 1 saturated heterocycles. The van der Waals surface area contributed by atoms with Gasteiger partial charge in [0.1, 0.15) is 11.3 Å². The van der Waals surface area contributed by atoms with E-state index in [-0.39, 0.29) is 28.7 Å². The number of hydrogen-bond acceptors (Lipinski definition) is 5. The number of fused-ring (bicyclic) bond motifs is 1. The molecule has 2 heterocycles. The fourth-order valence-electron chi connectivity index (χ4n) is 4.82. The average molecular weight is 415 g/mol. The molecule has 1 atom stereocenters. The summed E-state index contributed by atoms with van der Waals surface area (Å²) in [5, 5.41) is 7.68. The van der Waals surface area contributed by atoms with Crippen molar-refractivity contribution >= 4 is 16.9 Å². The van der Waals surface area contributed by atoms with Crippen LogP contribution in [0.25, 0.3) is 11.0 Å². The van der Waals surface area contributed by atoms with Gasteiger partial charge in [0.2, 0.25) is 0 Å². The Kier molecular flexibility index (Phi) is 6.01. The van der Waals surface area contributed by atoms with E-state index in [9.17, 15) is 9.59 Å². The second-order valence-corrected chi connectivity index (χ2v) is 9.78. The summed E-state index contributed by atoms with van der Waals surface area (Å²) < 4.78 is 11.4. The molecule has 1 fully saturated rings. The number of ether oxygens (including phenoxy) is 1. The molecule has 0 radical (unpaired) electrons. The number of nitrogens with one attached hydrogen (secondary N) is 2. The van der Waals surface area contributed by atoms with E-state index in [1.807, 2.05) is 26.0 Å². The van der Waals surface area contributed by atoms with E-state index in [1.54, 1.807) is 6.92 Å². The second-order valence-electron chi connectivity index (χ2n) is 9.78. The third-order valence-electron chi connectivity index (χ3n) is 5.79. The Morgan fingerprint density at radius 2 is 1.90 bits per heavy atom. The molecule has 0 aliphatic carbocycles. The van der Waals surface area contributed by atoms with Crippen LogP contribution >= 0.6 is 0 Å². The summed E-state index contributed by atoms with van der Waals surface area (Å²) in [6.07, 6.45) is 1.79. The predicted molar refractivity (Wildman–Crippen MR) is 119 cm³/mol. The van der Waals surface area contributed by atoms with Crippen molar-refractivity contribution in [1.82, 2.24) is 10.6 Å². The van der Waals surface area contributed by atoms with Crippen molar-refractivity contribution in [3.63, 3.8) is 0 Å². The van der Waals surface area contributed by atoms with Crippen molar-refractivity contribution in [2.45, 2.75) is 91.0 Å². The monoisotopic (exact) mass is 414 g/mol. The first kappa shape index (κ1) is 22.3. The van der Waals surface area contributed by atoms with Crippen molar-refractivity contribution < 1.29 is 13.9 Å². The first-order chi connectivity index (χ1) is 13.9. The first-order valence-electron chi connectivity index (χ1n) is 10.7. The van der Waals surface area contributed by atoms with Crippen LogP contribution in [0.4, 0.5) is 0 Å². The first-order valence-corrected chi connectivity index (χ1v) is 10.7. The molecule has 1 aliphatic heterocycles. The average Bonchev–Trinajstić information content (AvgIpc) is 2.60. The third-order valence-corrected chi connectivity index (χ3v) is 5.79. The quantitative estimate of drug-likeness (QED) is 0.726. The summed E-state index contributed by atoms with van der Waals surface area (Å²) in [6, 6.07) is 5.34. The smallest absolute Gasteiger partial charge is 0.336 e. The number of hydrogen-bond donors (Lipinski definition) is 2. The van der Waals surface area contributed by atoms with E-state index in [4.69, 9.17) is 9.15 Å². The standard InChI is InChI=1S/C24H34N2O4/c1-8-16-11-20(27)30-21-14(2)19(10-9-18(16)21)29-15(3)22(28)25-17-12-23(4,5)26-24(6,7)13-17/h9-11,15,17,26H,8,12-13H2,1-7H3,(H,25,28)/t15-/m0/s1. The van der Waals surface area contributed by atoms with Crippen molar-refractivity contribution in [3.8, 4) is 5.75 Å². The molecule has 30 heavy (non-hydrogen) atoms. The molecular weight excluding hydrogens is 380 g/mol. The molecule has 164 valence electrons. The van der Waals surface area contributed by atoms with Crippen molar-refractivity contribution in [3.05, 3.63) is 39.7 Å². The van der Waals surface area contributed by atoms with Gasteiger partial charge >= 0.3 is 5.63 Å². The Bertz CT molecular complexity index is 990. The Morgan fingerprint density at radius 3 is 2.50 bits per heavy atom. The minimum Gasteiger partial charge on any atom is -0.480 e. The van der Waals surface area contributed by atoms with Gasteiger partial charge in [-0.15, -0.1) is 0 Å². The molecule has 0 bridgehead atoms. The van der Waals surface area contributed by atoms with Crippen LogP contribution in [0, 0.1) is 6.92 Å². The fraction of sp³-hybridized carbons (Fsp3) is 0.583. The van der Waals surface area contributed by atoms with Crippen LogP contribution in [0.3, 0.4) is 0 Å². The van der Waals surface area contributed by atoms with Gasteiger partial charge in [-0.3, -0.25) is 4.79 Å². The van der Waals surface area contributed by atoms with E-state index >= 15 is 0 Å². The maximum Gasteiger partial charge on any atom is 0.336 e. The summed E-state index contributed by atoms with van der Waals surface area (Å²) in [5.74, 6) is 0.407. The summed E-state index contributed by atoms with van der Waals surface area (Å²) in [7, 11) is 0. The van der Waals surface area contributed by atoms with Crippen LogP contribution in [0.2, 0.25) is 0 Å². The number of aryl methyl sites for hydroxylation is 2. The summed E-state index contributed by atoms with van der Waals surface area (Å²) in [4.78, 5) is 24.7. The third kappa shape index (κ3) is 4.86. The number of rotatable bonds is 5. The van der Waals surface area contributed by atoms with Gasteiger partial charge in [0.25, 0.3) is 5.91 Å². The lowest BCUT2D eigenvalue weighted by molar-refractivity contribution is -0.128. The van der Waals surface area contributed by atoms with Gasteiger partial charge in [0, 0.05) is 34.1 Å². The van der Waals surface area contributed by atoms with Crippen LogP contribution in [0.1, 0.15) is 65.5 Å². The molecule has 6 heteroatoms. The number of piperidine rings is 1. The molecule has 6 nitrogen and oxygen atoms in total. The Morgan fingerprint density at radius 1 is 1.27 bits per heavy atom. The Hall–Kier alpha value is -2.34. The number of carbonyl (C=O) groups excluding carboxylic acids is 1. The second kappa shape index (κ2) is 8.06. The summed E-state index contributed by atoms with van der Waals surface area (Å²) in [5.41, 5.74) is 1.72. The highest BCUT2D eigenvalue weighted by Crippen LogP contribution is 2.30. The fourth-order valence-corrected chi connectivity index (χ4v) is 4.82. The van der Waals surface area contributed by atoms with Gasteiger partial charge in [0.15, 0.2) is 6.10 Å². The maximum atomic E-state index is 12.8. The van der Waals surface area contributed by atoms with Crippen molar-refractivity contribution in [1.29, 1.82) is 0 Å². The number of amides is 1. The number of benzene rings is 1. The van der Waals surface area contributed by atoms with Crippen molar-refractivity contribution in [2.75, 3.05) is 0 Å². The molecule has 1 aromatic carbocycles. The minimum absolute atomic E-state index is 0.0484. The topological polar surface area (TPSA) is 80.6 Å². The van der Waals surface area contributed by atoms with E-state index in [0.29, 0.717) is 11.3 Å². The summed E-state index contributed by atoms with van der Waals surface area (Å²) in [6.45, 7) is 14.2. The lowest BCUT2D eigenvalue weighted by Gasteiger charge is -2.46. The summed E-state index contributed by atoms with van der Waals surface area (Å²) >= 11 is 0. The van der Waals surface area contributed by atoms with Gasteiger partial charge in [0.05, 0.1) is 0 Å². The minimum atomic E-state index is -0.664. The zero-order valence-electron chi connectivity index (χ0n) is 19.1. The zero-order valence-corrected chi connectivity index (χ0v) is 19.1. The molecule has 1 aliphatic rings.